The molecule has 0 aliphatic rings. The Morgan fingerprint density at radius 2 is 2.00 bits per heavy atom. The maximum Gasteiger partial charge on any atom is 0.200 e. The fourth-order valence-electron chi connectivity index (χ4n) is 1.09. The van der Waals surface area contributed by atoms with Crippen LogP contribution in [0, 0.1) is 0 Å². The van der Waals surface area contributed by atoms with E-state index < -0.39 is 0 Å². The van der Waals surface area contributed by atoms with Crippen molar-refractivity contribution in [2.75, 3.05) is 0 Å². The molecular formula is C10H14N2O. The van der Waals surface area contributed by atoms with Gasteiger partial charge in [-0.1, -0.05) is 19.8 Å². The van der Waals surface area contributed by atoms with Gasteiger partial charge >= 0.3 is 0 Å². The van der Waals surface area contributed by atoms with Gasteiger partial charge in [0.2, 0.25) is 0 Å². The molecule has 0 radical (unpaired) electrons. The molecular weight excluding hydrogens is 164 g/mol. The van der Waals surface area contributed by atoms with Crippen LogP contribution >= 0.6 is 0 Å². The second kappa shape index (κ2) is 5.41. The maximum atomic E-state index is 11.4. The third-order valence-corrected chi connectivity index (χ3v) is 1.82. The van der Waals surface area contributed by atoms with E-state index in [9.17, 15) is 4.79 Å². The molecule has 1 rings (SSSR count). The predicted molar refractivity (Wildman–Crippen MR) is 50.5 cm³/mol. The third kappa shape index (κ3) is 3.32. The molecule has 0 aliphatic carbocycles. The van der Waals surface area contributed by atoms with E-state index in [1.807, 2.05) is 0 Å². The van der Waals surface area contributed by atoms with E-state index in [0.717, 1.165) is 19.3 Å². The molecule has 0 saturated heterocycles. The third-order valence-electron chi connectivity index (χ3n) is 1.82. The van der Waals surface area contributed by atoms with Crippen LogP contribution < -0.4 is 0 Å². The molecule has 3 nitrogen and oxygen atoms in total. The summed E-state index contributed by atoms with van der Waals surface area (Å²) in [4.78, 5) is 19.2. The van der Waals surface area contributed by atoms with E-state index in [2.05, 4.69) is 16.9 Å². The number of ketones is 1. The van der Waals surface area contributed by atoms with Crippen LogP contribution in [0.25, 0.3) is 0 Å². The Bertz CT molecular complexity index is 259. The molecule has 1 aromatic heterocycles. The lowest BCUT2D eigenvalue weighted by molar-refractivity contribution is 0.0969. The van der Waals surface area contributed by atoms with Crippen LogP contribution in [0.3, 0.4) is 0 Å². The lowest BCUT2D eigenvalue weighted by Gasteiger charge is -1.97. The van der Waals surface area contributed by atoms with E-state index in [0.29, 0.717) is 12.2 Å². The van der Waals surface area contributed by atoms with E-state index >= 15 is 0 Å². The number of hydrogen-bond acceptors (Lipinski definition) is 3. The number of rotatable bonds is 5. The van der Waals surface area contributed by atoms with Gasteiger partial charge in [0.15, 0.2) is 11.6 Å². The molecule has 0 aliphatic heterocycles. The number of aromatic nitrogens is 2. The van der Waals surface area contributed by atoms with Crippen molar-refractivity contribution in [1.82, 2.24) is 9.97 Å². The van der Waals surface area contributed by atoms with Gasteiger partial charge in [-0.25, -0.2) is 9.97 Å². The summed E-state index contributed by atoms with van der Waals surface area (Å²) in [5, 5.41) is 0. The molecule has 1 heterocycles. The molecule has 3 heteroatoms. The minimum absolute atomic E-state index is 0.0500. The van der Waals surface area contributed by atoms with Crippen LogP contribution in [-0.4, -0.2) is 15.8 Å². The summed E-state index contributed by atoms with van der Waals surface area (Å²) in [6.07, 6.45) is 6.92. The monoisotopic (exact) mass is 178 g/mol. The molecule has 0 aromatic carbocycles. The van der Waals surface area contributed by atoms with Crippen molar-refractivity contribution in [3.05, 3.63) is 24.3 Å². The zero-order valence-electron chi connectivity index (χ0n) is 7.86. The molecule has 0 unspecified atom stereocenters. The van der Waals surface area contributed by atoms with Crippen molar-refractivity contribution < 1.29 is 4.79 Å². The Kier molecular flexibility index (Phi) is 4.09. The van der Waals surface area contributed by atoms with Crippen molar-refractivity contribution in [3.63, 3.8) is 0 Å². The standard InChI is InChI=1S/C10H14N2O/c1-2-3-4-6-9(13)10-11-7-5-8-12-10/h5,7-8H,2-4,6H2,1H3. The zero-order valence-corrected chi connectivity index (χ0v) is 7.86. The number of carbonyl (C=O) groups is 1. The first-order chi connectivity index (χ1) is 6.34. The molecule has 0 amide bonds. The van der Waals surface area contributed by atoms with E-state index in [1.165, 1.54) is 0 Å². The molecule has 13 heavy (non-hydrogen) atoms. The fourth-order valence-corrected chi connectivity index (χ4v) is 1.09. The fraction of sp³-hybridized carbons (Fsp3) is 0.500. The Labute approximate surface area is 78.2 Å². The van der Waals surface area contributed by atoms with Crippen LogP contribution in [0.15, 0.2) is 18.5 Å². The lowest BCUT2D eigenvalue weighted by atomic mass is 10.1. The highest BCUT2D eigenvalue weighted by atomic mass is 16.1. The van der Waals surface area contributed by atoms with Crippen LogP contribution in [0.4, 0.5) is 0 Å². The molecule has 0 fully saturated rings. The quantitative estimate of drug-likeness (QED) is 0.513. The normalized spacial score (nSPS) is 9.92. The second-order valence-corrected chi connectivity index (χ2v) is 2.95. The predicted octanol–water partition coefficient (Wildman–Crippen LogP) is 2.24. The van der Waals surface area contributed by atoms with Crippen molar-refractivity contribution in [1.29, 1.82) is 0 Å². The molecule has 0 spiro atoms. The van der Waals surface area contributed by atoms with Crippen molar-refractivity contribution in [2.45, 2.75) is 32.6 Å². The van der Waals surface area contributed by atoms with Gasteiger partial charge in [-0.2, -0.15) is 0 Å². The van der Waals surface area contributed by atoms with Gasteiger partial charge in [-0.3, -0.25) is 4.79 Å². The van der Waals surface area contributed by atoms with E-state index in [1.54, 1.807) is 18.5 Å². The Balaban J connectivity index is 2.40. The number of unbranched alkanes of at least 4 members (excludes halogenated alkanes) is 2. The van der Waals surface area contributed by atoms with Crippen molar-refractivity contribution in [3.8, 4) is 0 Å². The summed E-state index contributed by atoms with van der Waals surface area (Å²) in [5.74, 6) is 0.396. The Morgan fingerprint density at radius 1 is 1.31 bits per heavy atom. The lowest BCUT2D eigenvalue weighted by Crippen LogP contribution is -2.04. The van der Waals surface area contributed by atoms with Crippen LogP contribution in [0.5, 0.6) is 0 Å². The van der Waals surface area contributed by atoms with E-state index in [4.69, 9.17) is 0 Å². The molecule has 0 atom stereocenters. The summed E-state index contributed by atoms with van der Waals surface area (Å²) in [7, 11) is 0. The van der Waals surface area contributed by atoms with Crippen LogP contribution in [0.2, 0.25) is 0 Å². The average Bonchev–Trinajstić information content (AvgIpc) is 2.19. The highest BCUT2D eigenvalue weighted by molar-refractivity contribution is 5.92. The number of Topliss-reactive ketones (excluding diaryl/α,β-unsaturated/α-hetero) is 1. The number of hydrogen-bond donors (Lipinski definition) is 0. The Morgan fingerprint density at radius 3 is 2.62 bits per heavy atom. The summed E-state index contributed by atoms with van der Waals surface area (Å²) in [6.45, 7) is 2.11. The van der Waals surface area contributed by atoms with Gasteiger partial charge in [-0.15, -0.1) is 0 Å². The summed E-state index contributed by atoms with van der Waals surface area (Å²) in [5.41, 5.74) is 0. The Hall–Kier alpha value is -1.25. The number of nitrogens with zero attached hydrogens (tertiary/aromatic N) is 2. The van der Waals surface area contributed by atoms with Gasteiger partial charge in [0, 0.05) is 18.8 Å². The van der Waals surface area contributed by atoms with Crippen molar-refractivity contribution in [2.24, 2.45) is 0 Å². The van der Waals surface area contributed by atoms with E-state index in [-0.39, 0.29) is 5.78 Å². The molecule has 1 aromatic rings. The largest absolute Gasteiger partial charge is 0.291 e. The van der Waals surface area contributed by atoms with Crippen LogP contribution in [0.1, 0.15) is 43.2 Å². The maximum absolute atomic E-state index is 11.4. The van der Waals surface area contributed by atoms with Gasteiger partial charge < -0.3 is 0 Å². The molecule has 0 N–H and O–H groups in total. The first-order valence-electron chi connectivity index (χ1n) is 4.65. The topological polar surface area (TPSA) is 42.9 Å². The molecule has 0 saturated carbocycles. The minimum Gasteiger partial charge on any atom is -0.291 e. The van der Waals surface area contributed by atoms with Crippen LogP contribution in [-0.2, 0) is 0 Å². The summed E-state index contributed by atoms with van der Waals surface area (Å²) in [6, 6.07) is 1.71. The summed E-state index contributed by atoms with van der Waals surface area (Å²) < 4.78 is 0. The minimum atomic E-state index is 0.0500. The second-order valence-electron chi connectivity index (χ2n) is 2.95. The first kappa shape index (κ1) is 9.84. The van der Waals surface area contributed by atoms with Gasteiger partial charge in [-0.05, 0) is 12.5 Å². The highest BCUT2D eigenvalue weighted by Crippen LogP contribution is 2.03. The van der Waals surface area contributed by atoms with Gasteiger partial charge in [0.25, 0.3) is 0 Å². The molecule has 0 bridgehead atoms. The average molecular weight is 178 g/mol. The summed E-state index contributed by atoms with van der Waals surface area (Å²) >= 11 is 0. The number of carbonyl (C=O) groups excluding carboxylic acids is 1. The van der Waals surface area contributed by atoms with Crippen molar-refractivity contribution >= 4 is 5.78 Å². The molecule has 70 valence electrons. The van der Waals surface area contributed by atoms with Gasteiger partial charge in [0.1, 0.15) is 0 Å². The van der Waals surface area contributed by atoms with Gasteiger partial charge in [0.05, 0.1) is 0 Å². The smallest absolute Gasteiger partial charge is 0.200 e. The zero-order chi connectivity index (χ0) is 9.52. The first-order valence-corrected chi connectivity index (χ1v) is 4.65. The SMILES string of the molecule is CCCCCC(=O)c1ncccn1. The highest BCUT2D eigenvalue weighted by Gasteiger charge is 2.06.